The van der Waals surface area contributed by atoms with Crippen LogP contribution in [0.1, 0.15) is 42.7 Å². The number of carbonyl (C=O) groups excluding carboxylic acids is 2. The van der Waals surface area contributed by atoms with Crippen LogP contribution in [0.4, 0.5) is 0 Å². The lowest BCUT2D eigenvalue weighted by Crippen LogP contribution is -2.36. The summed E-state index contributed by atoms with van der Waals surface area (Å²) in [5, 5.41) is 3.37. The van der Waals surface area contributed by atoms with Crippen molar-refractivity contribution >= 4 is 27.7 Å². The summed E-state index contributed by atoms with van der Waals surface area (Å²) in [5.74, 6) is 0.348. The van der Waals surface area contributed by atoms with Crippen LogP contribution in [0.5, 0.6) is 11.5 Å². The molecular weight excluding hydrogens is 526 g/mol. The minimum atomic E-state index is -0.565. The second-order valence-corrected chi connectivity index (χ2v) is 9.64. The Bertz CT molecular complexity index is 1230. The van der Waals surface area contributed by atoms with Gasteiger partial charge in [-0.2, -0.15) is 0 Å². The number of rotatable bonds is 8. The van der Waals surface area contributed by atoms with Gasteiger partial charge in [-0.25, -0.2) is 4.79 Å². The Morgan fingerprint density at radius 1 is 1.03 bits per heavy atom. The lowest BCUT2D eigenvalue weighted by atomic mass is 9.71. The summed E-state index contributed by atoms with van der Waals surface area (Å²) in [5.41, 5.74) is 4.32. The fourth-order valence-electron chi connectivity index (χ4n) is 5.02. The van der Waals surface area contributed by atoms with E-state index in [0.29, 0.717) is 35.4 Å². The summed E-state index contributed by atoms with van der Waals surface area (Å²) in [6, 6.07) is 13.4. The Morgan fingerprint density at radius 3 is 2.47 bits per heavy atom. The first kappa shape index (κ1) is 26.0. The van der Waals surface area contributed by atoms with Crippen LogP contribution in [0.3, 0.4) is 0 Å². The lowest BCUT2D eigenvalue weighted by Gasteiger charge is -2.37. The van der Waals surface area contributed by atoms with E-state index in [1.807, 2.05) is 49.4 Å². The quantitative estimate of drug-likeness (QED) is 0.361. The van der Waals surface area contributed by atoms with Crippen molar-refractivity contribution in [3.8, 4) is 11.5 Å². The minimum absolute atomic E-state index is 0.00807. The molecule has 0 spiro atoms. The summed E-state index contributed by atoms with van der Waals surface area (Å²) in [6.07, 6.45) is 0.943. The van der Waals surface area contributed by atoms with Gasteiger partial charge in [0, 0.05) is 42.3 Å². The highest BCUT2D eigenvalue weighted by molar-refractivity contribution is 9.10. The van der Waals surface area contributed by atoms with Crippen LogP contribution >= 0.6 is 15.9 Å². The molecule has 0 bridgehead atoms. The molecule has 8 heteroatoms. The second kappa shape index (κ2) is 11.3. The van der Waals surface area contributed by atoms with Gasteiger partial charge in [0.25, 0.3) is 0 Å². The molecule has 36 heavy (non-hydrogen) atoms. The molecule has 4 rings (SSSR count). The van der Waals surface area contributed by atoms with Crippen molar-refractivity contribution in [2.75, 3.05) is 34.5 Å². The van der Waals surface area contributed by atoms with Crippen molar-refractivity contribution in [3.63, 3.8) is 0 Å². The zero-order chi connectivity index (χ0) is 25.8. The highest BCUT2D eigenvalue weighted by Crippen LogP contribution is 2.47. The van der Waals surface area contributed by atoms with Crippen LogP contribution in [-0.4, -0.2) is 46.3 Å². The number of halogens is 1. The van der Waals surface area contributed by atoms with Crippen LogP contribution in [-0.2, 0) is 19.1 Å². The molecule has 2 aromatic rings. The van der Waals surface area contributed by atoms with E-state index in [1.165, 1.54) is 0 Å². The highest BCUT2D eigenvalue weighted by atomic mass is 79.9. The number of esters is 1. The number of hydrogen-bond donors (Lipinski definition) is 1. The zero-order valence-corrected chi connectivity index (χ0v) is 22.4. The number of benzene rings is 2. The standard InChI is InChI=1S/C28H30BrNO6/c1-16-25(28(32)36-12-11-33-2)26(17-9-10-24(35-4)20(29)13-17)27-21(30-16)14-18(15-22(27)31)19-7-5-6-8-23(19)34-3/h5-10,13,18,26,30H,11-12,14-15H2,1-4H3/t18-,26-/m0/s1. The van der Waals surface area contributed by atoms with Crippen molar-refractivity contribution in [2.45, 2.75) is 31.6 Å². The van der Waals surface area contributed by atoms with Crippen LogP contribution in [0, 0.1) is 0 Å². The van der Waals surface area contributed by atoms with Crippen molar-refractivity contribution in [1.29, 1.82) is 0 Å². The van der Waals surface area contributed by atoms with Gasteiger partial charge in [-0.15, -0.1) is 0 Å². The first-order valence-electron chi connectivity index (χ1n) is 11.8. The molecule has 190 valence electrons. The molecule has 1 N–H and O–H groups in total. The summed E-state index contributed by atoms with van der Waals surface area (Å²) in [7, 11) is 4.78. The molecule has 0 radical (unpaired) electrons. The number of ether oxygens (including phenoxy) is 4. The molecule has 0 saturated carbocycles. The molecule has 0 unspecified atom stereocenters. The first-order chi connectivity index (χ1) is 17.4. The Hall–Kier alpha value is -3.10. The van der Waals surface area contributed by atoms with Crippen molar-refractivity contribution in [3.05, 3.63) is 80.6 Å². The van der Waals surface area contributed by atoms with Crippen LogP contribution in [0.25, 0.3) is 0 Å². The number of allylic oxidation sites excluding steroid dienone is 3. The number of para-hydroxylation sites is 1. The van der Waals surface area contributed by atoms with E-state index in [4.69, 9.17) is 18.9 Å². The predicted molar refractivity (Wildman–Crippen MR) is 139 cm³/mol. The Balaban J connectivity index is 1.78. The van der Waals surface area contributed by atoms with E-state index in [0.717, 1.165) is 27.0 Å². The summed E-state index contributed by atoms with van der Waals surface area (Å²) in [6.45, 7) is 2.26. The molecule has 0 saturated heterocycles. The Kier molecular flexibility index (Phi) is 8.16. The molecule has 2 atom stereocenters. The van der Waals surface area contributed by atoms with E-state index in [2.05, 4.69) is 21.2 Å². The molecule has 0 amide bonds. The second-order valence-electron chi connectivity index (χ2n) is 8.78. The van der Waals surface area contributed by atoms with E-state index in [9.17, 15) is 9.59 Å². The zero-order valence-electron chi connectivity index (χ0n) is 20.9. The fraction of sp³-hybridized carbons (Fsp3) is 0.357. The van der Waals surface area contributed by atoms with E-state index in [-0.39, 0.29) is 24.9 Å². The van der Waals surface area contributed by atoms with E-state index in [1.54, 1.807) is 21.3 Å². The number of Topliss-reactive ketones (excluding diaryl/α,β-unsaturated/α-hetero) is 1. The van der Waals surface area contributed by atoms with Crippen molar-refractivity contribution < 1.29 is 28.5 Å². The van der Waals surface area contributed by atoms with Gasteiger partial charge < -0.3 is 24.3 Å². The minimum Gasteiger partial charge on any atom is -0.496 e. The fourth-order valence-corrected chi connectivity index (χ4v) is 5.58. The SMILES string of the molecule is COCCOC(=O)C1=C(C)NC2=C(C(=O)C[C@@H](c3ccccc3OC)C2)[C@H]1c1ccc(OC)c(Br)c1. The average Bonchev–Trinajstić information content (AvgIpc) is 2.87. The molecule has 1 aliphatic heterocycles. The Labute approximate surface area is 219 Å². The molecule has 0 fully saturated rings. The van der Waals surface area contributed by atoms with Crippen molar-refractivity contribution in [2.24, 2.45) is 0 Å². The maximum absolute atomic E-state index is 13.8. The third-order valence-corrected chi connectivity index (χ3v) is 7.28. The summed E-state index contributed by atoms with van der Waals surface area (Å²) >= 11 is 3.55. The number of dihydropyridines is 1. The smallest absolute Gasteiger partial charge is 0.336 e. The number of methoxy groups -OCH3 is 3. The van der Waals surface area contributed by atoms with Gasteiger partial charge in [-0.05, 0) is 58.6 Å². The lowest BCUT2D eigenvalue weighted by molar-refractivity contribution is -0.140. The van der Waals surface area contributed by atoms with Gasteiger partial charge >= 0.3 is 5.97 Å². The number of hydrogen-bond acceptors (Lipinski definition) is 7. The first-order valence-corrected chi connectivity index (χ1v) is 12.5. The van der Waals surface area contributed by atoms with Gasteiger partial charge in [0.15, 0.2) is 5.78 Å². The van der Waals surface area contributed by atoms with E-state index < -0.39 is 11.9 Å². The monoisotopic (exact) mass is 555 g/mol. The van der Waals surface area contributed by atoms with Gasteiger partial charge in [0.05, 0.1) is 30.9 Å². The van der Waals surface area contributed by atoms with Gasteiger partial charge in [-0.3, -0.25) is 4.79 Å². The average molecular weight is 556 g/mol. The normalized spacial score (nSPS) is 19.5. The predicted octanol–water partition coefficient (Wildman–Crippen LogP) is 5.02. The van der Waals surface area contributed by atoms with Crippen molar-refractivity contribution in [1.82, 2.24) is 5.32 Å². The summed E-state index contributed by atoms with van der Waals surface area (Å²) in [4.78, 5) is 27.0. The topological polar surface area (TPSA) is 83.1 Å². The van der Waals surface area contributed by atoms with Gasteiger partial charge in [-0.1, -0.05) is 24.3 Å². The van der Waals surface area contributed by atoms with Gasteiger partial charge in [0.2, 0.25) is 0 Å². The number of nitrogens with one attached hydrogen (secondary N) is 1. The summed E-state index contributed by atoms with van der Waals surface area (Å²) < 4.78 is 22.2. The molecule has 1 heterocycles. The molecule has 7 nitrogen and oxygen atoms in total. The van der Waals surface area contributed by atoms with Gasteiger partial charge in [0.1, 0.15) is 18.1 Å². The third kappa shape index (κ3) is 5.06. The number of ketones is 1. The van der Waals surface area contributed by atoms with Crippen LogP contribution in [0.15, 0.2) is 69.5 Å². The van der Waals surface area contributed by atoms with Crippen LogP contribution in [0.2, 0.25) is 0 Å². The third-order valence-electron chi connectivity index (χ3n) is 6.66. The highest BCUT2D eigenvalue weighted by Gasteiger charge is 2.42. The molecular formula is C28H30BrNO6. The Morgan fingerprint density at radius 2 is 1.78 bits per heavy atom. The largest absolute Gasteiger partial charge is 0.496 e. The van der Waals surface area contributed by atoms with E-state index >= 15 is 0 Å². The maximum Gasteiger partial charge on any atom is 0.336 e. The molecule has 0 aromatic heterocycles. The maximum atomic E-state index is 13.8. The number of carbonyl (C=O) groups is 2. The molecule has 2 aromatic carbocycles. The molecule has 1 aliphatic carbocycles. The van der Waals surface area contributed by atoms with Crippen LogP contribution < -0.4 is 14.8 Å². The molecule has 2 aliphatic rings.